The topological polar surface area (TPSA) is 158 Å². The maximum Gasteiger partial charge on any atom is 0.271 e. The lowest BCUT2D eigenvalue weighted by molar-refractivity contribution is 0.0949. The predicted octanol–water partition coefficient (Wildman–Crippen LogP) is 3.03. The zero-order chi connectivity index (χ0) is 26.8. The molecule has 15 heteroatoms. The van der Waals surface area contributed by atoms with Gasteiger partial charge in [-0.15, -0.1) is 21.5 Å². The van der Waals surface area contributed by atoms with Crippen LogP contribution in [0.25, 0.3) is 16.5 Å². The molecule has 0 aliphatic heterocycles. The van der Waals surface area contributed by atoms with Gasteiger partial charge in [-0.2, -0.15) is 14.7 Å². The van der Waals surface area contributed by atoms with Crippen molar-refractivity contribution in [3.63, 3.8) is 0 Å². The van der Waals surface area contributed by atoms with Crippen LogP contribution >= 0.6 is 11.3 Å². The molecule has 38 heavy (non-hydrogen) atoms. The van der Waals surface area contributed by atoms with Gasteiger partial charge in [0.25, 0.3) is 5.95 Å². The van der Waals surface area contributed by atoms with Gasteiger partial charge >= 0.3 is 0 Å². The molecule has 1 aliphatic rings. The third-order valence-corrected chi connectivity index (χ3v) is 8.17. The van der Waals surface area contributed by atoms with Crippen LogP contribution in [-0.4, -0.2) is 70.8 Å². The molecule has 1 N–H and O–H groups in total. The molecule has 4 heterocycles. The highest BCUT2D eigenvalue weighted by Crippen LogP contribution is 2.42. The summed E-state index contributed by atoms with van der Waals surface area (Å²) in [5.74, 6) is 1.92. The van der Waals surface area contributed by atoms with Gasteiger partial charge in [0.2, 0.25) is 11.8 Å². The summed E-state index contributed by atoms with van der Waals surface area (Å²) >= 11 is -0.251. The first kappa shape index (κ1) is 26.2. The summed E-state index contributed by atoms with van der Waals surface area (Å²) in [4.78, 5) is 22.0. The van der Waals surface area contributed by atoms with Gasteiger partial charge in [-0.25, -0.2) is 19.5 Å². The van der Waals surface area contributed by atoms with Gasteiger partial charge in [0.05, 0.1) is 31.3 Å². The molecule has 3 unspecified atom stereocenters. The van der Waals surface area contributed by atoms with Crippen molar-refractivity contribution < 1.29 is 18.8 Å². The van der Waals surface area contributed by atoms with E-state index in [0.717, 1.165) is 24.1 Å². The number of aromatic nitrogens is 8. The van der Waals surface area contributed by atoms with Gasteiger partial charge in [0.1, 0.15) is 6.33 Å². The van der Waals surface area contributed by atoms with E-state index in [2.05, 4.69) is 34.9 Å². The van der Waals surface area contributed by atoms with E-state index in [1.54, 1.807) is 23.9 Å². The normalized spacial score (nSPS) is 15.6. The molecule has 0 spiro atoms. The van der Waals surface area contributed by atoms with Crippen LogP contribution in [0.1, 0.15) is 48.9 Å². The van der Waals surface area contributed by atoms with Crippen LogP contribution in [0.3, 0.4) is 0 Å². The Balaban J connectivity index is 1.54. The van der Waals surface area contributed by atoms with E-state index in [4.69, 9.17) is 19.2 Å². The average molecular weight is 558 g/mol. The Morgan fingerprint density at radius 2 is 1.76 bits per heavy atom. The SMILES string of the molecule is COc1ncnc(OC)c1-n1c(N[S+]([O-])C(C)C(OC)c2ncc(C)cn2)nnc1-c1nc(C2CC2)cs1. The number of thiazole rings is 1. The molecule has 3 atom stereocenters. The van der Waals surface area contributed by atoms with Crippen LogP contribution < -0.4 is 14.2 Å². The molecule has 1 fully saturated rings. The van der Waals surface area contributed by atoms with Crippen molar-refractivity contribution in [2.45, 2.75) is 44.0 Å². The highest BCUT2D eigenvalue weighted by atomic mass is 32.2. The largest absolute Gasteiger partial charge is 0.593 e. The van der Waals surface area contributed by atoms with Gasteiger partial charge in [-0.3, -0.25) is 0 Å². The predicted molar refractivity (Wildman–Crippen MR) is 141 cm³/mol. The van der Waals surface area contributed by atoms with Crippen LogP contribution in [0, 0.1) is 6.92 Å². The Kier molecular flexibility index (Phi) is 7.69. The summed E-state index contributed by atoms with van der Waals surface area (Å²) in [6.45, 7) is 3.67. The van der Waals surface area contributed by atoms with Gasteiger partial charge in [-0.1, -0.05) is 0 Å². The molecule has 0 saturated heterocycles. The first-order chi connectivity index (χ1) is 18.4. The Morgan fingerprint density at radius 1 is 1.08 bits per heavy atom. The van der Waals surface area contributed by atoms with E-state index < -0.39 is 22.7 Å². The summed E-state index contributed by atoms with van der Waals surface area (Å²) < 4.78 is 34.8. The highest BCUT2D eigenvalue weighted by molar-refractivity contribution is 7.93. The summed E-state index contributed by atoms with van der Waals surface area (Å²) in [5.41, 5.74) is 2.28. The fourth-order valence-corrected chi connectivity index (χ4v) is 5.67. The van der Waals surface area contributed by atoms with E-state index in [1.165, 1.54) is 39.0 Å². The van der Waals surface area contributed by atoms with Crippen LogP contribution in [0.2, 0.25) is 0 Å². The van der Waals surface area contributed by atoms with Crippen molar-refractivity contribution >= 4 is 28.6 Å². The summed E-state index contributed by atoms with van der Waals surface area (Å²) in [6.07, 6.45) is 6.33. The number of aryl methyl sites for hydroxylation is 1. The fourth-order valence-electron chi connectivity index (χ4n) is 3.85. The van der Waals surface area contributed by atoms with E-state index in [1.807, 2.05) is 12.3 Å². The molecule has 200 valence electrons. The molecule has 0 amide bonds. The maximum atomic E-state index is 13.6. The van der Waals surface area contributed by atoms with Crippen molar-refractivity contribution in [1.29, 1.82) is 0 Å². The van der Waals surface area contributed by atoms with Crippen molar-refractivity contribution in [3.05, 3.63) is 41.2 Å². The smallest absolute Gasteiger partial charge is 0.271 e. The third-order valence-electron chi connectivity index (χ3n) is 6.00. The van der Waals surface area contributed by atoms with E-state index in [-0.39, 0.29) is 17.7 Å². The van der Waals surface area contributed by atoms with Crippen molar-refractivity contribution in [1.82, 2.24) is 39.7 Å². The minimum absolute atomic E-state index is 0.166. The maximum absolute atomic E-state index is 13.6. The number of hydrogen-bond donors (Lipinski definition) is 1. The molecule has 0 aromatic carbocycles. The van der Waals surface area contributed by atoms with Crippen molar-refractivity contribution in [2.75, 3.05) is 26.1 Å². The lowest BCUT2D eigenvalue weighted by atomic mass is 10.2. The minimum Gasteiger partial charge on any atom is -0.593 e. The molecular formula is C23H27N9O4S2. The second-order valence-electron chi connectivity index (χ2n) is 8.65. The molecule has 0 bridgehead atoms. The van der Waals surface area contributed by atoms with Gasteiger partial charge < -0.3 is 18.8 Å². The monoisotopic (exact) mass is 557 g/mol. The molecular weight excluding hydrogens is 530 g/mol. The van der Waals surface area contributed by atoms with Crippen LogP contribution in [0.15, 0.2) is 24.1 Å². The average Bonchev–Trinajstić information content (AvgIpc) is 3.53. The quantitative estimate of drug-likeness (QED) is 0.269. The Morgan fingerprint density at radius 3 is 2.37 bits per heavy atom. The molecule has 0 radical (unpaired) electrons. The number of anilines is 1. The number of nitrogens with zero attached hydrogens (tertiary/aromatic N) is 8. The van der Waals surface area contributed by atoms with Crippen LogP contribution in [-0.2, 0) is 16.1 Å². The number of rotatable bonds is 11. The fraction of sp³-hybridized carbons (Fsp3) is 0.435. The van der Waals surface area contributed by atoms with Crippen LogP contribution in [0.5, 0.6) is 11.8 Å². The molecule has 1 aliphatic carbocycles. The molecule has 5 rings (SSSR count). The second-order valence-corrected chi connectivity index (χ2v) is 11.1. The van der Waals surface area contributed by atoms with E-state index in [9.17, 15) is 4.55 Å². The van der Waals surface area contributed by atoms with Gasteiger partial charge in [-0.05, 0) is 32.3 Å². The number of hydrogen-bond acceptors (Lipinski definition) is 13. The number of ether oxygens (including phenoxy) is 3. The Bertz CT molecular complexity index is 1370. The Labute approximate surface area is 226 Å². The summed E-state index contributed by atoms with van der Waals surface area (Å²) in [7, 11) is 4.50. The van der Waals surface area contributed by atoms with Gasteiger partial charge in [0.15, 0.2) is 33.7 Å². The third kappa shape index (κ3) is 5.14. The zero-order valence-corrected chi connectivity index (χ0v) is 23.1. The first-order valence-corrected chi connectivity index (χ1v) is 13.9. The van der Waals surface area contributed by atoms with Crippen LogP contribution in [0.4, 0.5) is 5.95 Å². The first-order valence-electron chi connectivity index (χ1n) is 11.8. The van der Waals surface area contributed by atoms with Gasteiger partial charge in [0, 0.05) is 30.8 Å². The number of nitrogens with one attached hydrogen (secondary N) is 1. The standard InChI is InChI=1S/C23H27N9O4S2/c1-12-8-24-18(25-9-12)17(34-3)13(2)38(33)31-23-30-29-19(22-28-15(10-37-22)14-6-7-14)32(23)16-20(35-4)26-11-27-21(16)36-5/h8-11,13-14,17H,6-7H2,1-5H3,(H,30,31). The molecule has 1 saturated carbocycles. The lowest BCUT2D eigenvalue weighted by Crippen LogP contribution is -2.33. The minimum atomic E-state index is -1.71. The molecule has 4 aromatic heterocycles. The second kappa shape index (κ2) is 11.1. The lowest BCUT2D eigenvalue weighted by Gasteiger charge is -2.24. The molecule has 13 nitrogen and oxygen atoms in total. The van der Waals surface area contributed by atoms with Crippen molar-refractivity contribution in [3.8, 4) is 28.3 Å². The van der Waals surface area contributed by atoms with E-state index in [0.29, 0.717) is 28.3 Å². The summed E-state index contributed by atoms with van der Waals surface area (Å²) in [5, 5.41) is 10.8. The van der Waals surface area contributed by atoms with E-state index >= 15 is 0 Å². The Hall–Kier alpha value is -3.40. The molecule has 4 aromatic rings. The highest BCUT2D eigenvalue weighted by Gasteiger charge is 2.35. The number of methoxy groups -OCH3 is 3. The van der Waals surface area contributed by atoms with Crippen molar-refractivity contribution in [2.24, 2.45) is 0 Å². The zero-order valence-electron chi connectivity index (χ0n) is 21.5. The summed E-state index contributed by atoms with van der Waals surface area (Å²) in [6, 6.07) is 0.